The summed E-state index contributed by atoms with van der Waals surface area (Å²) in [4.78, 5) is 13.7. The maximum atomic E-state index is 12.4. The molecule has 132 valence electrons. The van der Waals surface area contributed by atoms with E-state index in [1.807, 2.05) is 0 Å². The average molecular weight is 351 g/mol. The topological polar surface area (TPSA) is 78.5 Å². The standard InChI is InChI=1S/C17H25N3O3S/c21-17-4-2-12-20(17)15-5-7-16(8-6-15)24(22,23)19-11-9-14-3-1-10-18-13-14/h5-8,14,18-19H,1-4,9-13H2. The first-order chi connectivity index (χ1) is 11.6. The number of carbonyl (C=O) groups is 1. The number of sulfonamides is 1. The maximum Gasteiger partial charge on any atom is 0.240 e. The highest BCUT2D eigenvalue weighted by molar-refractivity contribution is 7.89. The van der Waals surface area contributed by atoms with Gasteiger partial charge in [-0.2, -0.15) is 0 Å². The number of anilines is 1. The summed E-state index contributed by atoms with van der Waals surface area (Å²) in [7, 11) is -3.49. The fourth-order valence-electron chi connectivity index (χ4n) is 3.38. The number of nitrogens with zero attached hydrogens (tertiary/aromatic N) is 1. The normalized spacial score (nSPS) is 22.1. The van der Waals surface area contributed by atoms with E-state index in [1.165, 1.54) is 0 Å². The van der Waals surface area contributed by atoms with Crippen molar-refractivity contribution in [2.75, 3.05) is 31.1 Å². The monoisotopic (exact) mass is 351 g/mol. The van der Waals surface area contributed by atoms with Gasteiger partial charge in [0.15, 0.2) is 0 Å². The molecule has 2 saturated heterocycles. The molecule has 6 nitrogen and oxygen atoms in total. The lowest BCUT2D eigenvalue weighted by Gasteiger charge is -2.22. The van der Waals surface area contributed by atoms with E-state index in [0.29, 0.717) is 25.4 Å². The SMILES string of the molecule is O=C1CCCN1c1ccc(S(=O)(=O)NCCC2CCCNC2)cc1. The molecule has 1 amide bonds. The highest BCUT2D eigenvalue weighted by Crippen LogP contribution is 2.23. The Bertz CT molecular complexity index is 667. The van der Waals surface area contributed by atoms with Gasteiger partial charge in [-0.25, -0.2) is 13.1 Å². The molecule has 1 atom stereocenters. The third-order valence-electron chi connectivity index (χ3n) is 4.78. The summed E-state index contributed by atoms with van der Waals surface area (Å²) in [6, 6.07) is 6.57. The van der Waals surface area contributed by atoms with E-state index in [-0.39, 0.29) is 10.8 Å². The molecule has 2 heterocycles. The van der Waals surface area contributed by atoms with Crippen LogP contribution >= 0.6 is 0 Å². The van der Waals surface area contributed by atoms with Crippen LogP contribution in [0.4, 0.5) is 5.69 Å². The van der Waals surface area contributed by atoms with Crippen molar-refractivity contribution in [3.63, 3.8) is 0 Å². The highest BCUT2D eigenvalue weighted by Gasteiger charge is 2.22. The van der Waals surface area contributed by atoms with E-state index >= 15 is 0 Å². The fraction of sp³-hybridized carbons (Fsp3) is 0.588. The first-order valence-electron chi connectivity index (χ1n) is 8.67. The zero-order chi connectivity index (χ0) is 17.0. The predicted octanol–water partition coefficient (Wildman–Crippen LogP) is 1.48. The molecular formula is C17H25N3O3S. The van der Waals surface area contributed by atoms with Gasteiger partial charge in [0, 0.05) is 25.2 Å². The third kappa shape index (κ3) is 4.15. The lowest BCUT2D eigenvalue weighted by Crippen LogP contribution is -2.33. The number of nitrogens with one attached hydrogen (secondary N) is 2. The summed E-state index contributed by atoms with van der Waals surface area (Å²) in [6.07, 6.45) is 4.60. The van der Waals surface area contributed by atoms with Crippen LogP contribution in [-0.2, 0) is 14.8 Å². The predicted molar refractivity (Wildman–Crippen MR) is 93.4 cm³/mol. The van der Waals surface area contributed by atoms with Gasteiger partial charge in [0.1, 0.15) is 0 Å². The van der Waals surface area contributed by atoms with Crippen molar-refractivity contribution < 1.29 is 13.2 Å². The smallest absolute Gasteiger partial charge is 0.240 e. The van der Waals surface area contributed by atoms with Gasteiger partial charge in [0.2, 0.25) is 15.9 Å². The second-order valence-electron chi connectivity index (χ2n) is 6.54. The number of benzene rings is 1. The van der Waals surface area contributed by atoms with Gasteiger partial charge in [-0.05, 0) is 69.0 Å². The van der Waals surface area contributed by atoms with Crippen LogP contribution in [0.1, 0.15) is 32.1 Å². The third-order valence-corrected chi connectivity index (χ3v) is 6.25. The summed E-state index contributed by atoms with van der Waals surface area (Å²) < 4.78 is 27.4. The molecule has 0 radical (unpaired) electrons. The molecule has 1 aromatic carbocycles. The zero-order valence-electron chi connectivity index (χ0n) is 13.8. The largest absolute Gasteiger partial charge is 0.316 e. The van der Waals surface area contributed by atoms with Crippen LogP contribution in [0.25, 0.3) is 0 Å². The fourth-order valence-corrected chi connectivity index (χ4v) is 4.43. The van der Waals surface area contributed by atoms with Crippen LogP contribution in [-0.4, -0.2) is 40.5 Å². The molecule has 0 saturated carbocycles. The van der Waals surface area contributed by atoms with Gasteiger partial charge in [0.05, 0.1) is 4.90 Å². The van der Waals surface area contributed by atoms with Gasteiger partial charge in [0.25, 0.3) is 0 Å². The number of amides is 1. The van der Waals surface area contributed by atoms with Gasteiger partial charge in [-0.15, -0.1) is 0 Å². The molecule has 1 aromatic rings. The maximum absolute atomic E-state index is 12.4. The number of piperidine rings is 1. The minimum absolute atomic E-state index is 0.102. The average Bonchev–Trinajstić information content (AvgIpc) is 3.02. The zero-order valence-corrected chi connectivity index (χ0v) is 14.6. The van der Waals surface area contributed by atoms with Crippen molar-refractivity contribution in [2.45, 2.75) is 37.0 Å². The van der Waals surface area contributed by atoms with E-state index in [9.17, 15) is 13.2 Å². The molecule has 0 bridgehead atoms. The Labute approximate surface area is 143 Å². The van der Waals surface area contributed by atoms with E-state index < -0.39 is 10.0 Å². The van der Waals surface area contributed by atoms with Crippen molar-refractivity contribution in [3.8, 4) is 0 Å². The van der Waals surface area contributed by atoms with E-state index in [4.69, 9.17) is 0 Å². The lowest BCUT2D eigenvalue weighted by atomic mass is 9.96. The first-order valence-corrected chi connectivity index (χ1v) is 10.2. The Morgan fingerprint density at radius 3 is 2.62 bits per heavy atom. The van der Waals surface area contributed by atoms with Gasteiger partial charge in [-0.3, -0.25) is 4.79 Å². The molecular weight excluding hydrogens is 326 g/mol. The van der Waals surface area contributed by atoms with Crippen LogP contribution in [0.15, 0.2) is 29.2 Å². The van der Waals surface area contributed by atoms with Crippen molar-refractivity contribution >= 4 is 21.6 Å². The summed E-state index contributed by atoms with van der Waals surface area (Å²) >= 11 is 0. The van der Waals surface area contributed by atoms with Gasteiger partial charge >= 0.3 is 0 Å². The molecule has 1 unspecified atom stereocenters. The van der Waals surface area contributed by atoms with Crippen LogP contribution in [0, 0.1) is 5.92 Å². The Morgan fingerprint density at radius 2 is 2.00 bits per heavy atom. The first kappa shape index (κ1) is 17.4. The molecule has 2 N–H and O–H groups in total. The van der Waals surface area contributed by atoms with Crippen LogP contribution < -0.4 is 14.9 Å². The van der Waals surface area contributed by atoms with Crippen LogP contribution in [0.5, 0.6) is 0 Å². The minimum Gasteiger partial charge on any atom is -0.316 e. The molecule has 2 aliphatic rings. The van der Waals surface area contributed by atoms with Gasteiger partial charge < -0.3 is 10.2 Å². The highest BCUT2D eigenvalue weighted by atomic mass is 32.2. The van der Waals surface area contributed by atoms with E-state index in [0.717, 1.165) is 44.5 Å². The summed E-state index contributed by atoms with van der Waals surface area (Å²) in [5.74, 6) is 0.648. The second kappa shape index (κ2) is 7.63. The molecule has 24 heavy (non-hydrogen) atoms. The molecule has 0 spiro atoms. The van der Waals surface area contributed by atoms with E-state index in [1.54, 1.807) is 29.2 Å². The molecule has 0 aliphatic carbocycles. The summed E-state index contributed by atoms with van der Waals surface area (Å²) in [5, 5.41) is 3.34. The number of hydrogen-bond donors (Lipinski definition) is 2. The quantitative estimate of drug-likeness (QED) is 0.814. The molecule has 0 aromatic heterocycles. The second-order valence-corrected chi connectivity index (χ2v) is 8.31. The minimum atomic E-state index is -3.49. The van der Waals surface area contributed by atoms with Crippen molar-refractivity contribution in [1.82, 2.24) is 10.0 Å². The van der Waals surface area contributed by atoms with E-state index in [2.05, 4.69) is 10.0 Å². The Morgan fingerprint density at radius 1 is 1.21 bits per heavy atom. The van der Waals surface area contributed by atoms with Crippen LogP contribution in [0.2, 0.25) is 0 Å². The lowest BCUT2D eigenvalue weighted by molar-refractivity contribution is -0.117. The summed E-state index contributed by atoms with van der Waals surface area (Å²) in [6.45, 7) is 3.20. The van der Waals surface area contributed by atoms with Crippen molar-refractivity contribution in [1.29, 1.82) is 0 Å². The molecule has 2 fully saturated rings. The number of rotatable bonds is 6. The molecule has 7 heteroatoms. The number of hydrogen-bond acceptors (Lipinski definition) is 4. The Kier molecular flexibility index (Phi) is 5.53. The van der Waals surface area contributed by atoms with Crippen LogP contribution in [0.3, 0.4) is 0 Å². The molecule has 3 rings (SSSR count). The van der Waals surface area contributed by atoms with Gasteiger partial charge in [-0.1, -0.05) is 0 Å². The Hall–Kier alpha value is -1.44. The Balaban J connectivity index is 1.56. The van der Waals surface area contributed by atoms with Crippen molar-refractivity contribution in [3.05, 3.63) is 24.3 Å². The van der Waals surface area contributed by atoms with Crippen molar-refractivity contribution in [2.24, 2.45) is 5.92 Å². The number of carbonyl (C=O) groups excluding carboxylic acids is 1. The summed E-state index contributed by atoms with van der Waals surface area (Å²) in [5.41, 5.74) is 0.768. The molecule has 2 aliphatic heterocycles.